The Hall–Kier alpha value is -1.77. The number of anilines is 1. The monoisotopic (exact) mass is 324 g/mol. The molecule has 3 heteroatoms. The highest BCUT2D eigenvalue weighted by molar-refractivity contribution is 5.97. The Bertz CT molecular complexity index is 772. The molecule has 1 aromatic carbocycles. The largest absolute Gasteiger partial charge is 0.344 e. The average Bonchev–Trinajstić information content (AvgIpc) is 2.76. The summed E-state index contributed by atoms with van der Waals surface area (Å²) < 4.78 is 2.59. The number of benzene rings is 1. The number of amides is 1. The van der Waals surface area contributed by atoms with Gasteiger partial charge in [-0.25, -0.2) is 0 Å². The van der Waals surface area contributed by atoms with Crippen molar-refractivity contribution in [3.63, 3.8) is 0 Å². The first-order chi connectivity index (χ1) is 11.8. The lowest BCUT2D eigenvalue weighted by Crippen LogP contribution is -2.13. The maximum Gasteiger partial charge on any atom is 0.224 e. The molecule has 0 radical (unpaired) electrons. The van der Waals surface area contributed by atoms with Crippen molar-refractivity contribution in [2.45, 2.75) is 77.7 Å². The number of rotatable bonds is 4. The van der Waals surface area contributed by atoms with Gasteiger partial charge in [-0.2, -0.15) is 0 Å². The van der Waals surface area contributed by atoms with Crippen LogP contribution in [0, 0.1) is 0 Å². The summed E-state index contributed by atoms with van der Waals surface area (Å²) in [6.07, 6.45) is 11.4. The van der Waals surface area contributed by atoms with Gasteiger partial charge in [-0.3, -0.25) is 4.79 Å². The number of nitrogens with zero attached hydrogens (tertiary/aromatic N) is 1. The number of aromatic nitrogens is 1. The molecule has 24 heavy (non-hydrogen) atoms. The molecule has 128 valence electrons. The zero-order chi connectivity index (χ0) is 16.5. The van der Waals surface area contributed by atoms with E-state index in [1.165, 1.54) is 61.5 Å². The molecule has 4 rings (SSSR count). The first-order valence-electron chi connectivity index (χ1n) is 9.74. The third-order valence-electron chi connectivity index (χ3n) is 5.67. The summed E-state index contributed by atoms with van der Waals surface area (Å²) in [7, 11) is 0. The molecule has 1 aromatic heterocycles. The van der Waals surface area contributed by atoms with E-state index in [1.807, 2.05) is 0 Å². The summed E-state index contributed by atoms with van der Waals surface area (Å²) in [6, 6.07) is 4.47. The van der Waals surface area contributed by atoms with Crippen LogP contribution >= 0.6 is 0 Å². The van der Waals surface area contributed by atoms with E-state index in [2.05, 4.69) is 28.9 Å². The van der Waals surface area contributed by atoms with E-state index in [0.29, 0.717) is 6.42 Å². The Balaban J connectivity index is 1.76. The zero-order valence-corrected chi connectivity index (χ0v) is 14.8. The predicted octanol–water partition coefficient (Wildman–Crippen LogP) is 4.99. The Morgan fingerprint density at radius 1 is 1.12 bits per heavy atom. The number of hydrogen-bond acceptors (Lipinski definition) is 1. The van der Waals surface area contributed by atoms with Crippen LogP contribution in [-0.4, -0.2) is 10.5 Å². The summed E-state index contributed by atoms with van der Waals surface area (Å²) in [6.45, 7) is 3.29. The van der Waals surface area contributed by atoms with E-state index in [1.54, 1.807) is 11.3 Å². The van der Waals surface area contributed by atoms with Gasteiger partial charge in [0.05, 0.1) is 5.52 Å². The number of carbonyl (C=O) groups is 1. The van der Waals surface area contributed by atoms with Crippen LogP contribution in [0.2, 0.25) is 0 Å². The predicted molar refractivity (Wildman–Crippen MR) is 99.7 cm³/mol. The van der Waals surface area contributed by atoms with Crippen molar-refractivity contribution in [1.82, 2.24) is 4.57 Å². The molecule has 2 aliphatic rings. The van der Waals surface area contributed by atoms with Crippen molar-refractivity contribution in [2.75, 3.05) is 5.32 Å². The van der Waals surface area contributed by atoms with E-state index in [-0.39, 0.29) is 5.91 Å². The van der Waals surface area contributed by atoms with E-state index < -0.39 is 0 Å². The summed E-state index contributed by atoms with van der Waals surface area (Å²) in [5.41, 5.74) is 7.04. The van der Waals surface area contributed by atoms with Crippen molar-refractivity contribution in [3.05, 3.63) is 29.0 Å². The molecule has 0 bridgehead atoms. The summed E-state index contributed by atoms with van der Waals surface area (Å²) in [5, 5.41) is 4.56. The van der Waals surface area contributed by atoms with Crippen molar-refractivity contribution in [1.29, 1.82) is 0 Å². The van der Waals surface area contributed by atoms with Gasteiger partial charge in [0.2, 0.25) is 5.91 Å². The fraction of sp³-hybridized carbons (Fsp3) is 0.571. The van der Waals surface area contributed by atoms with Crippen LogP contribution in [0.1, 0.15) is 68.7 Å². The van der Waals surface area contributed by atoms with E-state index in [9.17, 15) is 4.79 Å². The second-order valence-corrected chi connectivity index (χ2v) is 7.42. The van der Waals surface area contributed by atoms with Crippen LogP contribution in [-0.2, 0) is 30.6 Å². The number of hydrogen-bond donors (Lipinski definition) is 1. The maximum absolute atomic E-state index is 12.2. The van der Waals surface area contributed by atoms with Gasteiger partial charge in [-0.15, -0.1) is 0 Å². The minimum atomic E-state index is 0.157. The molecule has 3 nitrogen and oxygen atoms in total. The van der Waals surface area contributed by atoms with Crippen molar-refractivity contribution in [2.24, 2.45) is 0 Å². The molecule has 2 aromatic rings. The third-order valence-corrected chi connectivity index (χ3v) is 5.67. The molecular formula is C21H28N2O. The van der Waals surface area contributed by atoms with Crippen LogP contribution in [0.25, 0.3) is 10.9 Å². The molecule has 0 atom stereocenters. The van der Waals surface area contributed by atoms with Crippen LogP contribution in [0.3, 0.4) is 0 Å². The van der Waals surface area contributed by atoms with E-state index in [4.69, 9.17) is 0 Å². The second-order valence-electron chi connectivity index (χ2n) is 7.42. The molecule has 1 aliphatic carbocycles. The second kappa shape index (κ2) is 6.62. The summed E-state index contributed by atoms with van der Waals surface area (Å²) in [4.78, 5) is 12.2. The summed E-state index contributed by atoms with van der Waals surface area (Å²) >= 11 is 0. The molecular weight excluding hydrogens is 296 g/mol. The van der Waals surface area contributed by atoms with E-state index in [0.717, 1.165) is 24.9 Å². The molecule has 2 heterocycles. The lowest BCUT2D eigenvalue weighted by Gasteiger charge is -2.19. The smallest absolute Gasteiger partial charge is 0.224 e. The van der Waals surface area contributed by atoms with E-state index >= 15 is 0 Å². The Kier molecular flexibility index (Phi) is 4.34. The maximum atomic E-state index is 12.2. The molecule has 0 unspecified atom stereocenters. The van der Waals surface area contributed by atoms with Gasteiger partial charge in [-0.1, -0.05) is 19.8 Å². The lowest BCUT2D eigenvalue weighted by molar-refractivity contribution is -0.116. The van der Waals surface area contributed by atoms with Crippen LogP contribution < -0.4 is 5.32 Å². The fourth-order valence-electron chi connectivity index (χ4n) is 4.53. The van der Waals surface area contributed by atoms with Gasteiger partial charge in [0, 0.05) is 29.7 Å². The molecule has 0 saturated heterocycles. The first kappa shape index (κ1) is 15.7. The normalized spacial score (nSPS) is 16.7. The Morgan fingerprint density at radius 3 is 2.88 bits per heavy atom. The Labute approximate surface area is 144 Å². The Morgan fingerprint density at radius 2 is 2.00 bits per heavy atom. The zero-order valence-electron chi connectivity index (χ0n) is 14.8. The standard InChI is InChI=1S/C21H28N2O/c1-2-3-11-20(24)22-16-13-15-8-7-12-23-19-10-6-4-5-9-17(19)18(14-16)21(15)23/h13-14H,2-12H2,1H3,(H,22,24). The van der Waals surface area contributed by atoms with Gasteiger partial charge in [0.1, 0.15) is 0 Å². The number of aryl methyl sites for hydroxylation is 3. The van der Waals surface area contributed by atoms with Crippen LogP contribution in [0.5, 0.6) is 0 Å². The average molecular weight is 324 g/mol. The molecule has 0 fully saturated rings. The van der Waals surface area contributed by atoms with Crippen LogP contribution in [0.4, 0.5) is 5.69 Å². The topological polar surface area (TPSA) is 34.0 Å². The van der Waals surface area contributed by atoms with Crippen molar-refractivity contribution in [3.8, 4) is 0 Å². The number of nitrogens with one attached hydrogen (secondary N) is 1. The summed E-state index contributed by atoms with van der Waals surface area (Å²) in [5.74, 6) is 0.157. The van der Waals surface area contributed by atoms with Gasteiger partial charge in [0.25, 0.3) is 0 Å². The third kappa shape index (κ3) is 2.74. The van der Waals surface area contributed by atoms with Crippen molar-refractivity contribution >= 4 is 22.5 Å². The first-order valence-corrected chi connectivity index (χ1v) is 9.74. The van der Waals surface area contributed by atoms with Crippen LogP contribution in [0.15, 0.2) is 12.1 Å². The fourth-order valence-corrected chi connectivity index (χ4v) is 4.53. The van der Waals surface area contributed by atoms with Gasteiger partial charge >= 0.3 is 0 Å². The van der Waals surface area contributed by atoms with Gasteiger partial charge in [0.15, 0.2) is 0 Å². The lowest BCUT2D eigenvalue weighted by atomic mass is 9.99. The molecule has 1 aliphatic heterocycles. The molecule has 1 N–H and O–H groups in total. The number of carbonyl (C=O) groups excluding carboxylic acids is 1. The highest BCUT2D eigenvalue weighted by atomic mass is 16.1. The quantitative estimate of drug-likeness (QED) is 0.790. The minimum absolute atomic E-state index is 0.157. The SMILES string of the molecule is CCCCC(=O)Nc1cc2c3c(c1)c1c(n3CCC2)CCCCC1. The van der Waals surface area contributed by atoms with Crippen molar-refractivity contribution < 1.29 is 4.79 Å². The van der Waals surface area contributed by atoms with Gasteiger partial charge < -0.3 is 9.88 Å². The molecule has 0 saturated carbocycles. The molecule has 0 spiro atoms. The highest BCUT2D eigenvalue weighted by Gasteiger charge is 2.23. The van der Waals surface area contributed by atoms with Gasteiger partial charge in [-0.05, 0) is 68.2 Å². The highest BCUT2D eigenvalue weighted by Crippen LogP contribution is 2.38. The number of unbranched alkanes of at least 4 members (excludes halogenated alkanes) is 1. The number of fused-ring (bicyclic) bond motifs is 3. The molecule has 1 amide bonds. The minimum Gasteiger partial charge on any atom is -0.344 e.